The number of H-pyrrole nitrogens is 1. The summed E-state index contributed by atoms with van der Waals surface area (Å²) in [6, 6.07) is 0. The molecular formula is C10H14N4OS2. The predicted molar refractivity (Wildman–Crippen MR) is 69.5 cm³/mol. The molecule has 17 heavy (non-hydrogen) atoms. The first-order valence-electron chi connectivity index (χ1n) is 5.38. The molecule has 1 N–H and O–H groups in total. The van der Waals surface area contributed by atoms with Crippen LogP contribution < -0.4 is 5.69 Å². The minimum absolute atomic E-state index is 0.183. The van der Waals surface area contributed by atoms with Gasteiger partial charge in [-0.1, -0.05) is 18.7 Å². The first-order valence-corrected chi connectivity index (χ1v) is 7.24. The van der Waals surface area contributed by atoms with Crippen molar-refractivity contribution in [3.8, 4) is 0 Å². The summed E-state index contributed by atoms with van der Waals surface area (Å²) in [4.78, 5) is 15.7. The molecule has 0 saturated carbocycles. The third-order valence-electron chi connectivity index (χ3n) is 2.25. The number of thioether (sulfide) groups is 1. The second kappa shape index (κ2) is 5.50. The van der Waals surface area contributed by atoms with Gasteiger partial charge in [0.25, 0.3) is 0 Å². The van der Waals surface area contributed by atoms with Gasteiger partial charge >= 0.3 is 5.69 Å². The third-order valence-corrected chi connectivity index (χ3v) is 4.27. The zero-order valence-electron chi connectivity index (χ0n) is 9.77. The standard InChI is InChI=1S/C10H14N4OS2/c1-3-4-8-11-7(5-16-8)6-17-10-13-12-9(15)14(10)2/h5H,3-4,6H2,1-2H3,(H,12,15). The van der Waals surface area contributed by atoms with E-state index in [4.69, 9.17) is 0 Å². The van der Waals surface area contributed by atoms with Gasteiger partial charge in [-0.05, 0) is 12.8 Å². The quantitative estimate of drug-likeness (QED) is 0.842. The number of rotatable bonds is 5. The average Bonchev–Trinajstić information content (AvgIpc) is 2.87. The van der Waals surface area contributed by atoms with Crippen LogP contribution in [-0.4, -0.2) is 19.7 Å². The Labute approximate surface area is 107 Å². The van der Waals surface area contributed by atoms with E-state index in [9.17, 15) is 4.79 Å². The van der Waals surface area contributed by atoms with Crippen molar-refractivity contribution in [2.24, 2.45) is 7.05 Å². The zero-order valence-corrected chi connectivity index (χ0v) is 11.4. The highest BCUT2D eigenvalue weighted by Crippen LogP contribution is 2.21. The van der Waals surface area contributed by atoms with Crippen molar-refractivity contribution in [1.82, 2.24) is 19.7 Å². The predicted octanol–water partition coefficient (Wildman–Crippen LogP) is 1.81. The van der Waals surface area contributed by atoms with Crippen molar-refractivity contribution >= 4 is 23.1 Å². The fourth-order valence-corrected chi connectivity index (χ4v) is 3.16. The summed E-state index contributed by atoms with van der Waals surface area (Å²) in [5.41, 5.74) is 0.872. The van der Waals surface area contributed by atoms with Crippen molar-refractivity contribution in [3.63, 3.8) is 0 Å². The molecule has 2 heterocycles. The molecule has 0 spiro atoms. The molecule has 0 unspecified atom stereocenters. The number of aromatic amines is 1. The molecule has 0 aliphatic carbocycles. The summed E-state index contributed by atoms with van der Waals surface area (Å²) in [7, 11) is 1.71. The highest BCUT2D eigenvalue weighted by Gasteiger charge is 2.07. The van der Waals surface area contributed by atoms with E-state index in [1.807, 2.05) is 0 Å². The van der Waals surface area contributed by atoms with Crippen LogP contribution in [-0.2, 0) is 19.2 Å². The summed E-state index contributed by atoms with van der Waals surface area (Å²) in [5, 5.41) is 10.3. The zero-order chi connectivity index (χ0) is 12.3. The van der Waals surface area contributed by atoms with Gasteiger partial charge in [0.15, 0.2) is 5.16 Å². The van der Waals surface area contributed by atoms with E-state index in [-0.39, 0.29) is 5.69 Å². The van der Waals surface area contributed by atoms with Crippen LogP contribution in [0.15, 0.2) is 15.3 Å². The Bertz CT molecular complexity index is 542. The third kappa shape index (κ3) is 2.98. The summed E-state index contributed by atoms with van der Waals surface area (Å²) < 4.78 is 1.50. The number of hydrogen-bond donors (Lipinski definition) is 1. The molecule has 0 aromatic carbocycles. The number of aryl methyl sites for hydroxylation is 1. The topological polar surface area (TPSA) is 63.6 Å². The normalized spacial score (nSPS) is 10.9. The molecule has 0 atom stereocenters. The van der Waals surface area contributed by atoms with Crippen LogP contribution in [0, 0.1) is 0 Å². The van der Waals surface area contributed by atoms with E-state index < -0.39 is 0 Å². The summed E-state index contributed by atoms with van der Waals surface area (Å²) in [6.45, 7) is 2.15. The molecule has 0 radical (unpaired) electrons. The van der Waals surface area contributed by atoms with Crippen LogP contribution in [0.1, 0.15) is 24.0 Å². The molecule has 2 aromatic rings. The molecule has 92 valence electrons. The Morgan fingerprint density at radius 2 is 2.41 bits per heavy atom. The molecule has 2 aromatic heterocycles. The van der Waals surface area contributed by atoms with E-state index in [1.54, 1.807) is 18.4 Å². The van der Waals surface area contributed by atoms with Crippen molar-refractivity contribution in [2.75, 3.05) is 0 Å². The Hall–Kier alpha value is -1.08. The molecule has 0 aliphatic rings. The van der Waals surface area contributed by atoms with Gasteiger partial charge in [-0.25, -0.2) is 14.9 Å². The monoisotopic (exact) mass is 270 g/mol. The highest BCUT2D eigenvalue weighted by molar-refractivity contribution is 7.98. The Morgan fingerprint density at radius 3 is 3.06 bits per heavy atom. The molecule has 0 fully saturated rings. The van der Waals surface area contributed by atoms with Crippen molar-refractivity contribution < 1.29 is 0 Å². The number of aromatic nitrogens is 4. The van der Waals surface area contributed by atoms with Crippen LogP contribution in [0.25, 0.3) is 0 Å². The number of nitrogens with zero attached hydrogens (tertiary/aromatic N) is 3. The second-order valence-corrected chi connectivity index (χ2v) is 5.53. The molecule has 2 rings (SSSR count). The lowest BCUT2D eigenvalue weighted by Gasteiger charge is -1.96. The maximum Gasteiger partial charge on any atom is 0.343 e. The Balaban J connectivity index is 1.97. The van der Waals surface area contributed by atoms with Gasteiger partial charge < -0.3 is 0 Å². The van der Waals surface area contributed by atoms with Gasteiger partial charge in [0, 0.05) is 18.2 Å². The van der Waals surface area contributed by atoms with Crippen molar-refractivity contribution in [3.05, 3.63) is 26.6 Å². The van der Waals surface area contributed by atoms with Crippen LogP contribution in [0.3, 0.4) is 0 Å². The SMILES string of the molecule is CCCc1nc(CSc2n[nH]c(=O)n2C)cs1. The fourth-order valence-electron chi connectivity index (χ4n) is 1.34. The van der Waals surface area contributed by atoms with Crippen molar-refractivity contribution in [2.45, 2.75) is 30.7 Å². The second-order valence-electron chi connectivity index (χ2n) is 3.64. The minimum Gasteiger partial charge on any atom is -0.273 e. The molecular weight excluding hydrogens is 256 g/mol. The van der Waals surface area contributed by atoms with Gasteiger partial charge in [0.2, 0.25) is 0 Å². The number of hydrogen-bond acceptors (Lipinski definition) is 5. The first-order chi connectivity index (χ1) is 8.20. The van der Waals surface area contributed by atoms with E-state index in [2.05, 4.69) is 27.5 Å². The van der Waals surface area contributed by atoms with E-state index in [0.29, 0.717) is 5.16 Å². The number of thiazole rings is 1. The molecule has 0 saturated heterocycles. The van der Waals surface area contributed by atoms with Gasteiger partial charge in [0.05, 0.1) is 10.7 Å². The fraction of sp³-hybridized carbons (Fsp3) is 0.500. The lowest BCUT2D eigenvalue weighted by atomic mass is 10.3. The maximum absolute atomic E-state index is 11.2. The average molecular weight is 270 g/mol. The minimum atomic E-state index is -0.183. The molecule has 0 aliphatic heterocycles. The van der Waals surface area contributed by atoms with Gasteiger partial charge in [-0.15, -0.1) is 16.4 Å². The molecule has 0 bridgehead atoms. The lowest BCUT2D eigenvalue weighted by Crippen LogP contribution is -2.12. The number of nitrogens with one attached hydrogen (secondary N) is 1. The smallest absolute Gasteiger partial charge is 0.273 e. The van der Waals surface area contributed by atoms with E-state index in [1.165, 1.54) is 21.3 Å². The largest absolute Gasteiger partial charge is 0.343 e. The molecule has 7 heteroatoms. The van der Waals surface area contributed by atoms with Gasteiger partial charge in [-0.3, -0.25) is 4.57 Å². The van der Waals surface area contributed by atoms with E-state index in [0.717, 1.165) is 24.3 Å². The summed E-state index contributed by atoms with van der Waals surface area (Å²) >= 11 is 3.21. The van der Waals surface area contributed by atoms with E-state index >= 15 is 0 Å². The summed E-state index contributed by atoms with van der Waals surface area (Å²) in [6.07, 6.45) is 2.16. The van der Waals surface area contributed by atoms with Crippen molar-refractivity contribution in [1.29, 1.82) is 0 Å². The first kappa shape index (κ1) is 12.4. The molecule has 0 amide bonds. The Morgan fingerprint density at radius 1 is 1.59 bits per heavy atom. The van der Waals surface area contributed by atoms with Crippen LogP contribution in [0.5, 0.6) is 0 Å². The summed E-state index contributed by atoms with van der Waals surface area (Å²) in [5.74, 6) is 0.748. The Kier molecular flexibility index (Phi) is 4.01. The highest BCUT2D eigenvalue weighted by atomic mass is 32.2. The molecule has 5 nitrogen and oxygen atoms in total. The van der Waals surface area contributed by atoms with Crippen LogP contribution in [0.2, 0.25) is 0 Å². The van der Waals surface area contributed by atoms with Gasteiger partial charge in [0.1, 0.15) is 0 Å². The van der Waals surface area contributed by atoms with Crippen LogP contribution >= 0.6 is 23.1 Å². The van der Waals surface area contributed by atoms with Crippen LogP contribution in [0.4, 0.5) is 0 Å². The maximum atomic E-state index is 11.2. The lowest BCUT2D eigenvalue weighted by molar-refractivity contribution is 0.765. The van der Waals surface area contributed by atoms with Gasteiger partial charge in [-0.2, -0.15) is 0 Å².